The topological polar surface area (TPSA) is 81.5 Å². The van der Waals surface area contributed by atoms with E-state index in [0.29, 0.717) is 13.0 Å². The van der Waals surface area contributed by atoms with Crippen LogP contribution in [0.2, 0.25) is 0 Å². The molecule has 0 radical (unpaired) electrons. The van der Waals surface area contributed by atoms with Gasteiger partial charge in [0.05, 0.1) is 12.0 Å². The number of carbonyl (C=O) groups is 1. The van der Waals surface area contributed by atoms with E-state index in [1.165, 1.54) is 19.2 Å². The maximum atomic E-state index is 11.9. The lowest BCUT2D eigenvalue weighted by Gasteiger charge is -2.16. The fourth-order valence-corrected chi connectivity index (χ4v) is 2.21. The smallest absolute Gasteiger partial charge is 0.323 e. The van der Waals surface area contributed by atoms with Crippen LogP contribution in [0.3, 0.4) is 0 Å². The van der Waals surface area contributed by atoms with Gasteiger partial charge in [0.1, 0.15) is 6.04 Å². The van der Waals surface area contributed by atoms with Gasteiger partial charge in [0.15, 0.2) is 0 Å². The molecule has 23 heavy (non-hydrogen) atoms. The molecule has 1 N–H and O–H groups in total. The number of hydrogen-bond acceptors (Lipinski definition) is 5. The monoisotopic (exact) mass is 314 g/mol. The van der Waals surface area contributed by atoms with E-state index < -0.39 is 11.0 Å². The van der Waals surface area contributed by atoms with E-state index in [2.05, 4.69) is 5.32 Å². The van der Waals surface area contributed by atoms with Crippen LogP contribution in [0.5, 0.6) is 0 Å². The predicted molar refractivity (Wildman–Crippen MR) is 85.9 cm³/mol. The molecule has 0 saturated carbocycles. The first kappa shape index (κ1) is 16.6. The third-order valence-corrected chi connectivity index (χ3v) is 3.47. The lowest BCUT2D eigenvalue weighted by atomic mass is 10.1. The summed E-state index contributed by atoms with van der Waals surface area (Å²) >= 11 is 0. The summed E-state index contributed by atoms with van der Waals surface area (Å²) in [5.41, 5.74) is 1.93. The molecule has 6 heteroatoms. The molecule has 120 valence electrons. The van der Waals surface area contributed by atoms with Crippen molar-refractivity contribution in [3.05, 3.63) is 75.8 Å². The number of hydrogen-bond donors (Lipinski definition) is 1. The zero-order chi connectivity index (χ0) is 16.7. The average Bonchev–Trinajstić information content (AvgIpc) is 2.59. The van der Waals surface area contributed by atoms with Gasteiger partial charge >= 0.3 is 5.97 Å². The highest BCUT2D eigenvalue weighted by Crippen LogP contribution is 2.12. The molecule has 0 aliphatic heterocycles. The Morgan fingerprint density at radius 3 is 2.35 bits per heavy atom. The molecule has 0 amide bonds. The third-order valence-electron chi connectivity index (χ3n) is 3.47. The van der Waals surface area contributed by atoms with Crippen molar-refractivity contribution in [1.82, 2.24) is 5.32 Å². The summed E-state index contributed by atoms with van der Waals surface area (Å²) in [5.74, 6) is -0.337. The van der Waals surface area contributed by atoms with Gasteiger partial charge in [-0.25, -0.2) is 0 Å². The number of nitrogens with zero attached hydrogens (tertiary/aromatic N) is 1. The van der Waals surface area contributed by atoms with Crippen LogP contribution in [0.4, 0.5) is 5.69 Å². The Morgan fingerprint density at radius 2 is 1.78 bits per heavy atom. The molecule has 2 aromatic carbocycles. The number of non-ortho nitro benzene ring substituents is 1. The second-order valence-corrected chi connectivity index (χ2v) is 5.07. The fraction of sp³-hybridized carbons (Fsp3) is 0.235. The van der Waals surface area contributed by atoms with Gasteiger partial charge in [0.2, 0.25) is 0 Å². The molecule has 0 spiro atoms. The molecule has 0 bridgehead atoms. The van der Waals surface area contributed by atoms with E-state index in [4.69, 9.17) is 4.74 Å². The van der Waals surface area contributed by atoms with Gasteiger partial charge in [-0.15, -0.1) is 0 Å². The lowest BCUT2D eigenvalue weighted by Crippen LogP contribution is -2.39. The number of rotatable bonds is 7. The van der Waals surface area contributed by atoms with Gasteiger partial charge in [-0.1, -0.05) is 42.5 Å². The molecule has 2 aromatic rings. The van der Waals surface area contributed by atoms with E-state index in [1.807, 2.05) is 30.3 Å². The summed E-state index contributed by atoms with van der Waals surface area (Å²) in [6.45, 7) is 0.421. The third kappa shape index (κ3) is 4.89. The van der Waals surface area contributed by atoms with Crippen molar-refractivity contribution in [1.29, 1.82) is 0 Å². The molecule has 1 atom stereocenters. The summed E-state index contributed by atoms with van der Waals surface area (Å²) in [6.07, 6.45) is 0.514. The van der Waals surface area contributed by atoms with Gasteiger partial charge in [0, 0.05) is 18.7 Å². The van der Waals surface area contributed by atoms with Crippen LogP contribution in [0, 0.1) is 10.1 Å². The number of benzene rings is 2. The first-order chi connectivity index (χ1) is 11.1. The number of carbonyl (C=O) groups excluding carboxylic acids is 1. The molecule has 0 aromatic heterocycles. The average molecular weight is 314 g/mol. The van der Waals surface area contributed by atoms with Crippen molar-refractivity contribution in [2.75, 3.05) is 7.11 Å². The second kappa shape index (κ2) is 8.05. The van der Waals surface area contributed by atoms with Crippen LogP contribution in [-0.2, 0) is 22.5 Å². The highest BCUT2D eigenvalue weighted by molar-refractivity contribution is 5.76. The maximum Gasteiger partial charge on any atom is 0.323 e. The molecule has 0 fully saturated rings. The number of nitro groups is 1. The Morgan fingerprint density at radius 1 is 1.13 bits per heavy atom. The standard InChI is InChI=1S/C17H18N2O4/c1-23-17(20)16(11-13-5-3-2-4-6-13)18-12-14-7-9-15(10-8-14)19(21)22/h2-10,16,18H,11-12H2,1H3/t16-/m0/s1. The number of methoxy groups -OCH3 is 1. The Kier molecular flexibility index (Phi) is 5.82. The Balaban J connectivity index is 2.00. The van der Waals surface area contributed by atoms with Crippen LogP contribution in [0.25, 0.3) is 0 Å². The molecular formula is C17H18N2O4. The maximum absolute atomic E-state index is 11.9. The molecule has 0 aliphatic rings. The van der Waals surface area contributed by atoms with Crippen LogP contribution in [-0.4, -0.2) is 24.0 Å². The second-order valence-electron chi connectivity index (χ2n) is 5.07. The molecule has 2 rings (SSSR count). The number of esters is 1. The molecule has 0 aliphatic carbocycles. The van der Waals surface area contributed by atoms with Crippen molar-refractivity contribution < 1.29 is 14.5 Å². The number of nitrogens with one attached hydrogen (secondary N) is 1. The Bertz CT molecular complexity index is 656. The van der Waals surface area contributed by atoms with E-state index in [1.54, 1.807) is 12.1 Å². The van der Waals surface area contributed by atoms with Gasteiger partial charge < -0.3 is 10.1 Å². The minimum absolute atomic E-state index is 0.0440. The molecule has 6 nitrogen and oxygen atoms in total. The molecular weight excluding hydrogens is 296 g/mol. The van der Waals surface area contributed by atoms with Gasteiger partial charge in [-0.3, -0.25) is 14.9 Å². The summed E-state index contributed by atoms with van der Waals surface area (Å²) in [6, 6.07) is 15.4. The van der Waals surface area contributed by atoms with Crippen LogP contribution < -0.4 is 5.32 Å². The summed E-state index contributed by atoms with van der Waals surface area (Å²) in [4.78, 5) is 22.1. The highest BCUT2D eigenvalue weighted by Gasteiger charge is 2.19. The van der Waals surface area contributed by atoms with Gasteiger partial charge in [0.25, 0.3) is 5.69 Å². The summed E-state index contributed by atoms with van der Waals surface area (Å²) in [5, 5.41) is 13.8. The van der Waals surface area contributed by atoms with Crippen LogP contribution >= 0.6 is 0 Å². The Labute approximate surface area is 134 Å². The van der Waals surface area contributed by atoms with Gasteiger partial charge in [-0.05, 0) is 17.5 Å². The van der Waals surface area contributed by atoms with Crippen molar-refractivity contribution in [3.63, 3.8) is 0 Å². The van der Waals surface area contributed by atoms with E-state index in [-0.39, 0.29) is 11.7 Å². The van der Waals surface area contributed by atoms with E-state index in [0.717, 1.165) is 11.1 Å². The largest absolute Gasteiger partial charge is 0.468 e. The quantitative estimate of drug-likeness (QED) is 0.482. The minimum atomic E-state index is -0.474. The van der Waals surface area contributed by atoms with Crippen LogP contribution in [0.15, 0.2) is 54.6 Å². The van der Waals surface area contributed by atoms with Crippen LogP contribution in [0.1, 0.15) is 11.1 Å². The molecule has 0 heterocycles. The van der Waals surface area contributed by atoms with Crippen molar-refractivity contribution in [3.8, 4) is 0 Å². The zero-order valence-corrected chi connectivity index (χ0v) is 12.8. The zero-order valence-electron chi connectivity index (χ0n) is 12.8. The van der Waals surface area contributed by atoms with Gasteiger partial charge in [-0.2, -0.15) is 0 Å². The number of nitro benzene ring substituents is 1. The normalized spacial score (nSPS) is 11.7. The van der Waals surface area contributed by atoms with E-state index >= 15 is 0 Å². The minimum Gasteiger partial charge on any atom is -0.468 e. The predicted octanol–water partition coefficient (Wildman–Crippen LogP) is 2.47. The van der Waals surface area contributed by atoms with Crippen molar-refractivity contribution in [2.45, 2.75) is 19.0 Å². The Hall–Kier alpha value is -2.73. The summed E-state index contributed by atoms with van der Waals surface area (Å²) in [7, 11) is 1.36. The first-order valence-electron chi connectivity index (χ1n) is 7.18. The van der Waals surface area contributed by atoms with Crippen molar-refractivity contribution >= 4 is 11.7 Å². The molecule has 0 saturated heterocycles. The van der Waals surface area contributed by atoms with E-state index in [9.17, 15) is 14.9 Å². The van der Waals surface area contributed by atoms with Crippen molar-refractivity contribution in [2.24, 2.45) is 0 Å². The highest BCUT2D eigenvalue weighted by atomic mass is 16.6. The number of ether oxygens (including phenoxy) is 1. The first-order valence-corrected chi connectivity index (χ1v) is 7.18. The lowest BCUT2D eigenvalue weighted by molar-refractivity contribution is -0.384. The SMILES string of the molecule is COC(=O)[C@H](Cc1ccccc1)NCc1ccc([N+](=O)[O-])cc1. The fourth-order valence-electron chi connectivity index (χ4n) is 2.21. The molecule has 0 unspecified atom stereocenters. The summed E-state index contributed by atoms with van der Waals surface area (Å²) < 4.78 is 4.83.